The molecule has 1 amide bonds. The van der Waals surface area contributed by atoms with Crippen molar-refractivity contribution in [3.63, 3.8) is 0 Å². The normalized spacial score (nSPS) is 10.4. The number of nitrogens with one attached hydrogen (secondary N) is 2. The lowest BCUT2D eigenvalue weighted by Crippen LogP contribution is -2.27. The minimum absolute atomic E-state index is 0.219. The van der Waals surface area contributed by atoms with Crippen LogP contribution in [0.2, 0.25) is 0 Å². The fourth-order valence-electron chi connectivity index (χ4n) is 2.80. The van der Waals surface area contributed by atoms with Crippen LogP contribution in [0.1, 0.15) is 21.6 Å². The van der Waals surface area contributed by atoms with E-state index in [2.05, 4.69) is 20.6 Å². The van der Waals surface area contributed by atoms with Gasteiger partial charge in [0, 0.05) is 13.1 Å². The SMILES string of the molecule is COc1cccc(CCNc2cnc(C(=O)NCCc3ccccc3F)cn2)c1. The highest BCUT2D eigenvalue weighted by molar-refractivity contribution is 5.91. The van der Waals surface area contributed by atoms with Crippen molar-refractivity contribution in [3.05, 3.63) is 83.6 Å². The molecule has 0 saturated carbocycles. The predicted molar refractivity (Wildman–Crippen MR) is 110 cm³/mol. The van der Waals surface area contributed by atoms with Gasteiger partial charge in [-0.3, -0.25) is 4.79 Å². The molecule has 1 aromatic heterocycles. The molecule has 7 heteroatoms. The first-order chi connectivity index (χ1) is 14.2. The molecule has 0 atom stereocenters. The summed E-state index contributed by atoms with van der Waals surface area (Å²) >= 11 is 0. The molecule has 0 saturated heterocycles. The van der Waals surface area contributed by atoms with Gasteiger partial charge in [0.25, 0.3) is 5.91 Å². The second-order valence-corrected chi connectivity index (χ2v) is 6.41. The van der Waals surface area contributed by atoms with Crippen molar-refractivity contribution in [2.45, 2.75) is 12.8 Å². The summed E-state index contributed by atoms with van der Waals surface area (Å²) in [4.78, 5) is 20.5. The van der Waals surface area contributed by atoms with E-state index in [0.29, 0.717) is 30.9 Å². The van der Waals surface area contributed by atoms with Crippen LogP contribution in [-0.2, 0) is 12.8 Å². The number of rotatable bonds is 9. The molecule has 2 aromatic carbocycles. The zero-order chi connectivity index (χ0) is 20.5. The van der Waals surface area contributed by atoms with Crippen LogP contribution in [0.5, 0.6) is 5.75 Å². The molecule has 0 unspecified atom stereocenters. The zero-order valence-electron chi connectivity index (χ0n) is 16.2. The van der Waals surface area contributed by atoms with Crippen LogP contribution in [0, 0.1) is 5.82 Å². The number of anilines is 1. The summed E-state index contributed by atoms with van der Waals surface area (Å²) in [6, 6.07) is 14.4. The van der Waals surface area contributed by atoms with Crippen molar-refractivity contribution >= 4 is 11.7 Å². The molecule has 0 bridgehead atoms. The minimum Gasteiger partial charge on any atom is -0.497 e. The van der Waals surface area contributed by atoms with Crippen LogP contribution in [-0.4, -0.2) is 36.1 Å². The van der Waals surface area contributed by atoms with E-state index in [1.54, 1.807) is 25.3 Å². The number of hydrogen-bond acceptors (Lipinski definition) is 5. The Morgan fingerprint density at radius 1 is 1.03 bits per heavy atom. The van der Waals surface area contributed by atoms with E-state index in [4.69, 9.17) is 4.74 Å². The van der Waals surface area contributed by atoms with E-state index in [1.807, 2.05) is 24.3 Å². The molecule has 0 fully saturated rings. The molecule has 3 aromatic rings. The number of methoxy groups -OCH3 is 1. The van der Waals surface area contributed by atoms with Crippen LogP contribution >= 0.6 is 0 Å². The molecule has 6 nitrogen and oxygen atoms in total. The Balaban J connectivity index is 1.44. The Labute approximate surface area is 169 Å². The number of nitrogens with zero attached hydrogens (tertiary/aromatic N) is 2. The molecule has 0 radical (unpaired) electrons. The Kier molecular flexibility index (Phi) is 7.10. The molecule has 0 spiro atoms. The first kappa shape index (κ1) is 20.3. The first-order valence-corrected chi connectivity index (χ1v) is 9.36. The predicted octanol–water partition coefficient (Wildman–Crippen LogP) is 3.25. The molecule has 2 N–H and O–H groups in total. The van der Waals surface area contributed by atoms with Gasteiger partial charge in [0.15, 0.2) is 0 Å². The van der Waals surface area contributed by atoms with Crippen molar-refractivity contribution in [2.24, 2.45) is 0 Å². The summed E-state index contributed by atoms with van der Waals surface area (Å²) in [5.74, 6) is 0.811. The molecule has 29 heavy (non-hydrogen) atoms. The number of halogens is 1. The molecule has 1 heterocycles. The molecular weight excluding hydrogens is 371 g/mol. The molecule has 150 valence electrons. The minimum atomic E-state index is -0.336. The molecule has 0 aliphatic heterocycles. The average Bonchev–Trinajstić information content (AvgIpc) is 2.75. The van der Waals surface area contributed by atoms with Gasteiger partial charge in [-0.2, -0.15) is 0 Å². The second-order valence-electron chi connectivity index (χ2n) is 6.41. The molecule has 3 rings (SSSR count). The van der Waals surface area contributed by atoms with Gasteiger partial charge in [-0.05, 0) is 42.2 Å². The zero-order valence-corrected chi connectivity index (χ0v) is 16.2. The van der Waals surface area contributed by atoms with Crippen LogP contribution in [0.25, 0.3) is 0 Å². The maximum Gasteiger partial charge on any atom is 0.271 e. The molecular formula is C22H23FN4O2. The van der Waals surface area contributed by atoms with Crippen molar-refractivity contribution in [1.29, 1.82) is 0 Å². The van der Waals surface area contributed by atoms with Crippen LogP contribution in [0.15, 0.2) is 60.9 Å². The largest absolute Gasteiger partial charge is 0.497 e. The van der Waals surface area contributed by atoms with Gasteiger partial charge in [-0.1, -0.05) is 30.3 Å². The second kappa shape index (κ2) is 10.2. The number of hydrogen-bond donors (Lipinski definition) is 2. The third kappa shape index (κ3) is 6.00. The fourth-order valence-corrected chi connectivity index (χ4v) is 2.80. The standard InChI is InChI=1S/C22H23FN4O2/c1-29-18-7-4-5-16(13-18)9-11-24-21-15-26-20(14-27-21)22(28)25-12-10-17-6-2-3-8-19(17)23/h2-8,13-15H,9-12H2,1H3,(H,24,27)(H,25,28). The van der Waals surface area contributed by atoms with Crippen molar-refractivity contribution < 1.29 is 13.9 Å². The highest BCUT2D eigenvalue weighted by Crippen LogP contribution is 2.13. The summed E-state index contributed by atoms with van der Waals surface area (Å²) in [5.41, 5.74) is 1.93. The topological polar surface area (TPSA) is 76.1 Å². The van der Waals surface area contributed by atoms with Gasteiger partial charge in [0.05, 0.1) is 19.5 Å². The maximum absolute atomic E-state index is 13.6. The summed E-state index contributed by atoms with van der Waals surface area (Å²) in [7, 11) is 1.64. The Hall–Kier alpha value is -3.48. The maximum atomic E-state index is 13.6. The number of carbonyl (C=O) groups excluding carboxylic acids is 1. The average molecular weight is 394 g/mol. The highest BCUT2D eigenvalue weighted by Gasteiger charge is 2.08. The number of amides is 1. The van der Waals surface area contributed by atoms with Gasteiger partial charge in [0.2, 0.25) is 0 Å². The monoisotopic (exact) mass is 394 g/mol. The fraction of sp³-hybridized carbons (Fsp3) is 0.227. The lowest BCUT2D eigenvalue weighted by Gasteiger charge is -2.08. The van der Waals surface area contributed by atoms with E-state index in [-0.39, 0.29) is 17.4 Å². The Bertz CT molecular complexity index is 948. The summed E-state index contributed by atoms with van der Waals surface area (Å²) in [6.07, 6.45) is 4.16. The van der Waals surface area contributed by atoms with E-state index < -0.39 is 0 Å². The van der Waals surface area contributed by atoms with E-state index >= 15 is 0 Å². The summed E-state index contributed by atoms with van der Waals surface area (Å²) in [5, 5.41) is 5.91. The van der Waals surface area contributed by atoms with E-state index in [9.17, 15) is 9.18 Å². The number of carbonyl (C=O) groups is 1. The first-order valence-electron chi connectivity index (χ1n) is 9.36. The summed E-state index contributed by atoms with van der Waals surface area (Å²) in [6.45, 7) is 0.998. The van der Waals surface area contributed by atoms with E-state index in [1.165, 1.54) is 18.5 Å². The lowest BCUT2D eigenvalue weighted by atomic mass is 10.1. The quantitative estimate of drug-likeness (QED) is 0.583. The third-order valence-corrected chi connectivity index (χ3v) is 4.38. The van der Waals surface area contributed by atoms with E-state index in [0.717, 1.165) is 17.7 Å². The van der Waals surface area contributed by atoms with Gasteiger partial charge in [0.1, 0.15) is 23.1 Å². The Morgan fingerprint density at radius 2 is 1.90 bits per heavy atom. The van der Waals surface area contributed by atoms with Crippen LogP contribution < -0.4 is 15.4 Å². The van der Waals surface area contributed by atoms with Gasteiger partial charge >= 0.3 is 0 Å². The third-order valence-electron chi connectivity index (χ3n) is 4.38. The molecule has 0 aliphatic rings. The molecule has 0 aliphatic carbocycles. The van der Waals surface area contributed by atoms with Crippen molar-refractivity contribution in [2.75, 3.05) is 25.5 Å². The smallest absolute Gasteiger partial charge is 0.271 e. The summed E-state index contributed by atoms with van der Waals surface area (Å²) < 4.78 is 18.8. The van der Waals surface area contributed by atoms with Gasteiger partial charge < -0.3 is 15.4 Å². The number of aromatic nitrogens is 2. The van der Waals surface area contributed by atoms with Crippen LogP contribution in [0.4, 0.5) is 10.2 Å². The number of ether oxygens (including phenoxy) is 1. The van der Waals surface area contributed by atoms with Gasteiger partial charge in [-0.25, -0.2) is 14.4 Å². The van der Waals surface area contributed by atoms with Gasteiger partial charge in [-0.15, -0.1) is 0 Å². The highest BCUT2D eigenvalue weighted by atomic mass is 19.1. The van der Waals surface area contributed by atoms with Crippen molar-refractivity contribution in [3.8, 4) is 5.75 Å². The Morgan fingerprint density at radius 3 is 2.66 bits per heavy atom. The van der Waals surface area contributed by atoms with Crippen LogP contribution in [0.3, 0.4) is 0 Å². The lowest BCUT2D eigenvalue weighted by molar-refractivity contribution is 0.0948. The number of benzene rings is 2. The van der Waals surface area contributed by atoms with Crippen molar-refractivity contribution in [1.82, 2.24) is 15.3 Å².